The lowest BCUT2D eigenvalue weighted by molar-refractivity contribution is -0.257. The summed E-state index contributed by atoms with van der Waals surface area (Å²) in [5.41, 5.74) is 0.759. The molecular formula is C40H59N3O5. The molecule has 5 fully saturated rings. The van der Waals surface area contributed by atoms with E-state index in [2.05, 4.69) is 65.7 Å². The highest BCUT2D eigenvalue weighted by Gasteiger charge is 2.72. The van der Waals surface area contributed by atoms with Crippen LogP contribution in [0.15, 0.2) is 30.5 Å². The minimum atomic E-state index is -0.417. The van der Waals surface area contributed by atoms with Crippen molar-refractivity contribution in [3.8, 4) is 11.4 Å². The van der Waals surface area contributed by atoms with Crippen molar-refractivity contribution in [3.05, 3.63) is 36.2 Å². The number of aliphatic hydroxyl groups is 1. The highest BCUT2D eigenvalue weighted by Crippen LogP contribution is 2.76. The molecule has 4 aliphatic carbocycles. The molecule has 0 spiro atoms. The largest absolute Gasteiger partial charge is 0.497 e. The second kappa shape index (κ2) is 11.3. The molecule has 264 valence electrons. The third kappa shape index (κ3) is 5.00. The fraction of sp³-hybridized carbons (Fsp3) is 0.775. The van der Waals surface area contributed by atoms with Gasteiger partial charge in [0.05, 0.1) is 36.3 Å². The van der Waals surface area contributed by atoms with Gasteiger partial charge in [-0.3, -0.25) is 0 Å². The minimum absolute atomic E-state index is 0.0528. The maximum absolute atomic E-state index is 13.5. The van der Waals surface area contributed by atoms with Crippen LogP contribution in [0, 0.1) is 45.3 Å². The second-order valence-corrected chi connectivity index (χ2v) is 18.5. The molecule has 0 unspecified atom stereocenters. The molecule has 0 amide bonds. The zero-order valence-corrected chi connectivity index (χ0v) is 30.8. The monoisotopic (exact) mass is 661 g/mol. The first kappa shape index (κ1) is 34.0. The Balaban J connectivity index is 1.10. The van der Waals surface area contributed by atoms with Gasteiger partial charge in [0.25, 0.3) is 0 Å². The van der Waals surface area contributed by atoms with Crippen LogP contribution in [-0.2, 0) is 9.47 Å². The van der Waals surface area contributed by atoms with Crippen LogP contribution in [0.5, 0.6) is 5.75 Å². The van der Waals surface area contributed by atoms with Gasteiger partial charge in [-0.15, -0.1) is 5.10 Å². The normalized spacial score (nSPS) is 43.0. The number of hydrogen-bond donors (Lipinski definition) is 1. The van der Waals surface area contributed by atoms with Crippen LogP contribution in [0.4, 0.5) is 0 Å². The van der Waals surface area contributed by atoms with Crippen molar-refractivity contribution in [1.82, 2.24) is 15.0 Å². The van der Waals surface area contributed by atoms with Crippen molar-refractivity contribution in [2.45, 2.75) is 143 Å². The van der Waals surface area contributed by atoms with Crippen LogP contribution in [0.25, 0.3) is 5.69 Å². The van der Waals surface area contributed by atoms with E-state index in [1.807, 2.05) is 24.3 Å². The molecule has 1 N–H and O–H groups in total. The molecule has 1 aliphatic heterocycles. The van der Waals surface area contributed by atoms with Gasteiger partial charge in [-0.25, -0.2) is 9.48 Å². The van der Waals surface area contributed by atoms with Gasteiger partial charge in [0.1, 0.15) is 11.9 Å². The van der Waals surface area contributed by atoms with Gasteiger partial charge in [0.2, 0.25) is 0 Å². The van der Waals surface area contributed by atoms with Crippen molar-refractivity contribution < 1.29 is 24.1 Å². The van der Waals surface area contributed by atoms with Crippen LogP contribution in [-0.4, -0.2) is 56.6 Å². The first-order valence-corrected chi connectivity index (χ1v) is 18.6. The lowest BCUT2D eigenvalue weighted by Gasteiger charge is -2.70. The van der Waals surface area contributed by atoms with E-state index in [1.54, 1.807) is 18.0 Å². The first-order valence-electron chi connectivity index (χ1n) is 18.6. The Morgan fingerprint density at radius 2 is 1.60 bits per heavy atom. The van der Waals surface area contributed by atoms with Gasteiger partial charge in [0.15, 0.2) is 5.69 Å². The van der Waals surface area contributed by atoms with Crippen LogP contribution in [0.3, 0.4) is 0 Å². The summed E-state index contributed by atoms with van der Waals surface area (Å²) in [5, 5.41) is 20.6. The van der Waals surface area contributed by atoms with Gasteiger partial charge in [-0.2, -0.15) is 0 Å². The van der Waals surface area contributed by atoms with Gasteiger partial charge in [-0.1, -0.05) is 39.8 Å². The van der Waals surface area contributed by atoms with Crippen molar-refractivity contribution >= 4 is 5.97 Å². The average Bonchev–Trinajstić information content (AvgIpc) is 3.66. The van der Waals surface area contributed by atoms with Gasteiger partial charge in [-0.05, 0) is 149 Å². The molecule has 5 aliphatic rings. The Bertz CT molecular complexity index is 1540. The number of aliphatic hydroxyl groups excluding tert-OH is 1. The number of aromatic nitrogens is 3. The third-order valence-corrected chi connectivity index (χ3v) is 15.4. The number of hydrogen-bond acceptors (Lipinski definition) is 7. The highest BCUT2D eigenvalue weighted by atomic mass is 16.5. The summed E-state index contributed by atoms with van der Waals surface area (Å²) in [6.07, 6.45) is 11.7. The van der Waals surface area contributed by atoms with E-state index >= 15 is 0 Å². The molecule has 1 saturated heterocycles. The topological polar surface area (TPSA) is 95.7 Å². The lowest BCUT2D eigenvalue weighted by atomic mass is 9.35. The number of carbonyl (C=O) groups excluding carboxylic acids is 1. The summed E-state index contributed by atoms with van der Waals surface area (Å²) in [4.78, 5) is 13.5. The smallest absolute Gasteiger partial charge is 0.360 e. The molecule has 8 heteroatoms. The van der Waals surface area contributed by atoms with E-state index in [0.29, 0.717) is 17.8 Å². The van der Waals surface area contributed by atoms with Gasteiger partial charge in [0, 0.05) is 5.41 Å². The van der Waals surface area contributed by atoms with Crippen molar-refractivity contribution in [2.24, 2.45) is 45.3 Å². The fourth-order valence-electron chi connectivity index (χ4n) is 12.9. The summed E-state index contributed by atoms with van der Waals surface area (Å²) < 4.78 is 20.1. The van der Waals surface area contributed by atoms with E-state index in [9.17, 15) is 9.90 Å². The predicted molar refractivity (Wildman–Crippen MR) is 185 cm³/mol. The Morgan fingerprint density at radius 3 is 2.29 bits per heavy atom. The van der Waals surface area contributed by atoms with Crippen LogP contribution in [0.2, 0.25) is 0 Å². The lowest BCUT2D eigenvalue weighted by Crippen LogP contribution is -2.67. The molecule has 1 aromatic carbocycles. The molecule has 0 radical (unpaired) electrons. The van der Waals surface area contributed by atoms with Crippen molar-refractivity contribution in [2.75, 3.05) is 7.11 Å². The summed E-state index contributed by atoms with van der Waals surface area (Å²) in [6, 6.07) is 7.47. The molecule has 4 saturated carbocycles. The number of benzene rings is 1. The summed E-state index contributed by atoms with van der Waals surface area (Å²) >= 11 is 0. The molecule has 8 nitrogen and oxygen atoms in total. The number of carbonyl (C=O) groups is 1. The zero-order chi connectivity index (χ0) is 34.5. The Hall–Kier alpha value is -2.45. The summed E-state index contributed by atoms with van der Waals surface area (Å²) in [6.45, 7) is 19.1. The molecule has 7 rings (SSSR count). The number of methoxy groups -OCH3 is 1. The minimum Gasteiger partial charge on any atom is -0.497 e. The second-order valence-electron chi connectivity index (χ2n) is 18.5. The zero-order valence-electron chi connectivity index (χ0n) is 30.8. The molecule has 48 heavy (non-hydrogen) atoms. The molecule has 2 aromatic rings. The maximum atomic E-state index is 13.5. The third-order valence-electron chi connectivity index (χ3n) is 15.4. The number of rotatable bonds is 5. The molecular weight excluding hydrogens is 602 g/mol. The maximum Gasteiger partial charge on any atom is 0.360 e. The van der Waals surface area contributed by atoms with E-state index in [1.165, 1.54) is 6.42 Å². The number of esters is 1. The predicted octanol–water partition coefficient (Wildman–Crippen LogP) is 8.20. The van der Waals surface area contributed by atoms with Gasteiger partial charge < -0.3 is 19.3 Å². The first-order chi connectivity index (χ1) is 22.5. The van der Waals surface area contributed by atoms with E-state index in [-0.39, 0.29) is 56.7 Å². The van der Waals surface area contributed by atoms with Crippen LogP contribution < -0.4 is 4.74 Å². The summed E-state index contributed by atoms with van der Waals surface area (Å²) in [7, 11) is 1.63. The molecule has 2 heterocycles. The Morgan fingerprint density at radius 1 is 0.896 bits per heavy atom. The van der Waals surface area contributed by atoms with E-state index < -0.39 is 5.97 Å². The molecule has 10 atom stereocenters. The Kier molecular flexibility index (Phi) is 7.99. The van der Waals surface area contributed by atoms with Crippen molar-refractivity contribution in [3.63, 3.8) is 0 Å². The van der Waals surface area contributed by atoms with Gasteiger partial charge >= 0.3 is 5.97 Å². The fourth-order valence-corrected chi connectivity index (χ4v) is 12.9. The summed E-state index contributed by atoms with van der Waals surface area (Å²) in [5.74, 6) is 1.78. The number of fused-ring (bicyclic) bond motifs is 5. The highest BCUT2D eigenvalue weighted by molar-refractivity contribution is 5.87. The van der Waals surface area contributed by atoms with E-state index in [4.69, 9.17) is 14.2 Å². The average molecular weight is 662 g/mol. The quantitative estimate of drug-likeness (QED) is 0.323. The van der Waals surface area contributed by atoms with Crippen LogP contribution in [0.1, 0.15) is 130 Å². The number of nitrogens with zero attached hydrogens (tertiary/aromatic N) is 3. The molecule has 1 aromatic heterocycles. The van der Waals surface area contributed by atoms with E-state index in [0.717, 1.165) is 69.2 Å². The molecule has 0 bridgehead atoms. The number of ether oxygens (including phenoxy) is 3. The van der Waals surface area contributed by atoms with Crippen LogP contribution >= 0.6 is 0 Å². The standard InChI is InChI=1S/C40H59N3O5/c1-35(2)18-10-19-40(8,48-35)27-15-21-39(7)33(27)29(44)23-31-37(5)20-17-32(36(3,4)30(37)16-22-38(31,39)6)47-34(45)28-24-43(42-41-28)25-11-13-26(46-9)14-12-25/h11-14,24,27,29-33,44H,10,15-23H2,1-9H3/t27-,29+,30-,31+,32-,33-,37-,38+,39+,40+/m0/s1. The SMILES string of the molecule is COc1ccc(-n2cc(C(=O)O[C@H]3CC[C@]4(C)[C@H]5C[C@@H](O)[C@@H]6[C@@H]([C@@]7(C)CCCC(C)(C)O7)CC[C@@]6(C)[C@]5(C)CC[C@H]4C3(C)C)nn2)cc1. The van der Waals surface area contributed by atoms with Crippen molar-refractivity contribution in [1.29, 1.82) is 0 Å². The Labute approximate surface area is 287 Å².